The van der Waals surface area contributed by atoms with Crippen molar-refractivity contribution in [1.82, 2.24) is 4.98 Å². The molecule has 0 aromatic carbocycles. The van der Waals surface area contributed by atoms with Gasteiger partial charge >= 0.3 is 6.18 Å². The second kappa shape index (κ2) is 5.50. The van der Waals surface area contributed by atoms with Crippen LogP contribution in [0.4, 0.5) is 19.0 Å². The van der Waals surface area contributed by atoms with Gasteiger partial charge < -0.3 is 10.4 Å². The van der Waals surface area contributed by atoms with Crippen molar-refractivity contribution >= 4 is 5.82 Å². The molecule has 0 fully saturated rings. The van der Waals surface area contributed by atoms with Gasteiger partial charge in [-0.1, -0.05) is 0 Å². The molecule has 7 heteroatoms. The molecule has 92 valence electrons. The van der Waals surface area contributed by atoms with Crippen molar-refractivity contribution in [3.63, 3.8) is 0 Å². The topological polar surface area (TPSA) is 68.9 Å². The Morgan fingerprint density at radius 2 is 2.12 bits per heavy atom. The number of halogens is 3. The highest BCUT2D eigenvalue weighted by atomic mass is 19.4. The van der Waals surface area contributed by atoms with Gasteiger partial charge in [-0.05, 0) is 18.6 Å². The molecule has 0 spiro atoms. The van der Waals surface area contributed by atoms with Crippen molar-refractivity contribution < 1.29 is 18.3 Å². The van der Waals surface area contributed by atoms with E-state index >= 15 is 0 Å². The van der Waals surface area contributed by atoms with Crippen LogP contribution in [0.5, 0.6) is 0 Å². The number of aromatic nitrogens is 1. The average molecular weight is 245 g/mol. The quantitative estimate of drug-likeness (QED) is 0.793. The van der Waals surface area contributed by atoms with Crippen molar-refractivity contribution in [1.29, 1.82) is 5.26 Å². The molecule has 1 aromatic heterocycles. The van der Waals surface area contributed by atoms with Crippen molar-refractivity contribution in [2.75, 3.05) is 18.5 Å². The molecule has 0 bridgehead atoms. The van der Waals surface area contributed by atoms with Crippen molar-refractivity contribution in [3.05, 3.63) is 23.4 Å². The highest BCUT2D eigenvalue weighted by molar-refractivity contribution is 5.52. The Hall–Kier alpha value is -1.81. The summed E-state index contributed by atoms with van der Waals surface area (Å²) in [6.45, 7) is 0.160. The van der Waals surface area contributed by atoms with E-state index in [-0.39, 0.29) is 24.5 Å². The van der Waals surface area contributed by atoms with E-state index in [9.17, 15) is 13.2 Å². The fraction of sp³-hybridized carbons (Fsp3) is 0.400. The number of hydrogen-bond donors (Lipinski definition) is 2. The molecule has 0 saturated heterocycles. The molecule has 1 aromatic rings. The van der Waals surface area contributed by atoms with Crippen LogP contribution in [0.25, 0.3) is 0 Å². The van der Waals surface area contributed by atoms with Gasteiger partial charge in [-0.2, -0.15) is 18.4 Å². The molecule has 0 unspecified atom stereocenters. The number of anilines is 1. The fourth-order valence-electron chi connectivity index (χ4n) is 1.13. The van der Waals surface area contributed by atoms with Gasteiger partial charge in [-0.25, -0.2) is 4.98 Å². The van der Waals surface area contributed by atoms with E-state index in [1.165, 1.54) is 0 Å². The Morgan fingerprint density at radius 3 is 2.65 bits per heavy atom. The number of aliphatic hydroxyl groups excluding tert-OH is 1. The monoisotopic (exact) mass is 245 g/mol. The minimum absolute atomic E-state index is 0.0379. The van der Waals surface area contributed by atoms with E-state index in [4.69, 9.17) is 10.4 Å². The molecule has 0 aliphatic heterocycles. The smallest absolute Gasteiger partial charge is 0.396 e. The van der Waals surface area contributed by atoms with Gasteiger partial charge in [0.2, 0.25) is 0 Å². The van der Waals surface area contributed by atoms with E-state index in [1.807, 2.05) is 0 Å². The summed E-state index contributed by atoms with van der Waals surface area (Å²) in [6.07, 6.45) is -4.18. The van der Waals surface area contributed by atoms with Gasteiger partial charge in [0.05, 0.1) is 5.56 Å². The van der Waals surface area contributed by atoms with Crippen LogP contribution in [0, 0.1) is 11.3 Å². The summed E-state index contributed by atoms with van der Waals surface area (Å²) in [5, 5.41) is 19.8. The molecule has 0 aliphatic carbocycles. The molecule has 1 rings (SSSR count). The van der Waals surface area contributed by atoms with E-state index in [1.54, 1.807) is 6.07 Å². The number of nitrogens with one attached hydrogen (secondary N) is 1. The molecule has 1 heterocycles. The SMILES string of the molecule is N#Cc1ccc(C(F)(F)F)nc1NCCCO. The summed E-state index contributed by atoms with van der Waals surface area (Å²) in [4.78, 5) is 3.35. The molecule has 0 amide bonds. The molecule has 0 saturated carbocycles. The van der Waals surface area contributed by atoms with Gasteiger partial charge in [0, 0.05) is 13.2 Å². The lowest BCUT2D eigenvalue weighted by Gasteiger charge is -2.10. The third-order valence-electron chi connectivity index (χ3n) is 1.93. The van der Waals surface area contributed by atoms with Crippen LogP contribution >= 0.6 is 0 Å². The van der Waals surface area contributed by atoms with Gasteiger partial charge in [-0.3, -0.25) is 0 Å². The number of rotatable bonds is 4. The molecule has 17 heavy (non-hydrogen) atoms. The standard InChI is InChI=1S/C10H10F3N3O/c11-10(12,13)8-3-2-7(6-14)9(16-8)15-4-1-5-17/h2-3,17H,1,4-5H2,(H,15,16). The predicted octanol–water partition coefficient (Wildman–Crippen LogP) is 1.77. The molecule has 0 radical (unpaired) electrons. The minimum atomic E-state index is -4.54. The van der Waals surface area contributed by atoms with Crippen LogP contribution in [0.1, 0.15) is 17.7 Å². The molecule has 0 aliphatic rings. The first kappa shape index (κ1) is 13.3. The Balaban J connectivity index is 2.96. The van der Waals surface area contributed by atoms with E-state index in [2.05, 4.69) is 10.3 Å². The van der Waals surface area contributed by atoms with Crippen LogP contribution in [0.2, 0.25) is 0 Å². The number of nitriles is 1. The maximum absolute atomic E-state index is 12.4. The summed E-state index contributed by atoms with van der Waals surface area (Å²) in [7, 11) is 0. The Labute approximate surface area is 95.7 Å². The first-order valence-electron chi connectivity index (χ1n) is 4.82. The van der Waals surface area contributed by atoms with Crippen LogP contribution < -0.4 is 5.32 Å². The predicted molar refractivity (Wildman–Crippen MR) is 54.1 cm³/mol. The largest absolute Gasteiger partial charge is 0.433 e. The van der Waals surface area contributed by atoms with E-state index in [0.29, 0.717) is 6.42 Å². The van der Waals surface area contributed by atoms with E-state index in [0.717, 1.165) is 12.1 Å². The van der Waals surface area contributed by atoms with Crippen LogP contribution in [-0.4, -0.2) is 23.2 Å². The second-order valence-electron chi connectivity index (χ2n) is 3.21. The zero-order valence-electron chi connectivity index (χ0n) is 8.75. The Bertz CT molecular complexity index is 426. The summed E-state index contributed by atoms with van der Waals surface area (Å²) in [6, 6.07) is 3.57. The molecular weight excluding hydrogens is 235 g/mol. The highest BCUT2D eigenvalue weighted by Crippen LogP contribution is 2.29. The number of pyridine rings is 1. The van der Waals surface area contributed by atoms with Gasteiger partial charge in [-0.15, -0.1) is 0 Å². The first-order chi connectivity index (χ1) is 7.99. The van der Waals surface area contributed by atoms with Gasteiger partial charge in [0.25, 0.3) is 0 Å². The second-order valence-corrected chi connectivity index (χ2v) is 3.21. The maximum Gasteiger partial charge on any atom is 0.433 e. The number of aliphatic hydroxyl groups is 1. The zero-order chi connectivity index (χ0) is 12.9. The molecule has 0 atom stereocenters. The molecule has 4 nitrogen and oxygen atoms in total. The highest BCUT2D eigenvalue weighted by Gasteiger charge is 2.33. The lowest BCUT2D eigenvalue weighted by Crippen LogP contribution is -2.12. The Morgan fingerprint density at radius 1 is 1.41 bits per heavy atom. The van der Waals surface area contributed by atoms with Crippen molar-refractivity contribution in [3.8, 4) is 6.07 Å². The summed E-state index contributed by atoms with van der Waals surface area (Å²) in [5.41, 5.74) is -1.01. The van der Waals surface area contributed by atoms with Crippen molar-refractivity contribution in [2.45, 2.75) is 12.6 Å². The molecular formula is C10H10F3N3O. The lowest BCUT2D eigenvalue weighted by molar-refractivity contribution is -0.141. The van der Waals surface area contributed by atoms with Crippen molar-refractivity contribution in [2.24, 2.45) is 0 Å². The summed E-state index contributed by atoms with van der Waals surface area (Å²) < 4.78 is 37.1. The fourth-order valence-corrected chi connectivity index (χ4v) is 1.13. The first-order valence-corrected chi connectivity index (χ1v) is 4.82. The average Bonchev–Trinajstić information content (AvgIpc) is 2.28. The van der Waals surface area contributed by atoms with Crippen LogP contribution in [0.15, 0.2) is 12.1 Å². The third kappa shape index (κ3) is 3.60. The third-order valence-corrected chi connectivity index (χ3v) is 1.93. The number of nitrogens with zero attached hydrogens (tertiary/aromatic N) is 2. The number of hydrogen-bond acceptors (Lipinski definition) is 4. The normalized spacial score (nSPS) is 11.0. The van der Waals surface area contributed by atoms with E-state index < -0.39 is 11.9 Å². The zero-order valence-corrected chi connectivity index (χ0v) is 8.75. The lowest BCUT2D eigenvalue weighted by atomic mass is 10.2. The molecule has 2 N–H and O–H groups in total. The summed E-state index contributed by atoms with van der Waals surface area (Å²) >= 11 is 0. The van der Waals surface area contributed by atoms with Crippen LogP contribution in [0.3, 0.4) is 0 Å². The summed E-state index contributed by atoms with van der Waals surface area (Å²) in [5.74, 6) is -0.115. The minimum Gasteiger partial charge on any atom is -0.396 e. The van der Waals surface area contributed by atoms with Crippen LogP contribution in [-0.2, 0) is 6.18 Å². The number of alkyl halides is 3. The van der Waals surface area contributed by atoms with Gasteiger partial charge in [0.15, 0.2) is 0 Å². The Kier molecular flexibility index (Phi) is 4.29. The van der Waals surface area contributed by atoms with Gasteiger partial charge in [0.1, 0.15) is 17.6 Å². The maximum atomic E-state index is 12.4.